The van der Waals surface area contributed by atoms with Crippen LogP contribution in [-0.2, 0) is 0 Å². The molecular formula is C15H14N4. The number of unbranched alkanes of at least 4 members (excludes halogenated alkanes) is 1. The number of hydrogen-bond donors (Lipinski definition) is 0. The monoisotopic (exact) mass is 250 g/mol. The topological polar surface area (TPSA) is 95.2 Å². The minimum absolute atomic E-state index is 0.0681. The number of rotatable bonds is 3. The van der Waals surface area contributed by atoms with Crippen LogP contribution in [0.1, 0.15) is 26.2 Å². The molecule has 0 aromatic rings. The van der Waals surface area contributed by atoms with Crippen molar-refractivity contribution in [1.29, 1.82) is 21.0 Å². The first-order valence-corrected chi connectivity index (χ1v) is 6.50. The van der Waals surface area contributed by atoms with E-state index in [1.165, 1.54) is 0 Å². The molecule has 0 saturated heterocycles. The van der Waals surface area contributed by atoms with Crippen molar-refractivity contribution in [2.24, 2.45) is 28.6 Å². The molecule has 0 aromatic carbocycles. The Labute approximate surface area is 113 Å². The molecule has 0 amide bonds. The molecule has 2 aliphatic carbocycles. The molecule has 1 saturated carbocycles. The van der Waals surface area contributed by atoms with Crippen LogP contribution in [0.15, 0.2) is 12.2 Å². The fourth-order valence-corrected chi connectivity index (χ4v) is 3.70. The van der Waals surface area contributed by atoms with E-state index in [1.807, 2.05) is 36.4 Å². The Morgan fingerprint density at radius 1 is 0.895 bits per heavy atom. The zero-order chi connectivity index (χ0) is 14.1. The van der Waals surface area contributed by atoms with Crippen molar-refractivity contribution in [1.82, 2.24) is 0 Å². The average Bonchev–Trinajstić information content (AvgIpc) is 2.96. The maximum Gasteiger partial charge on any atom is 0.182 e. The van der Waals surface area contributed by atoms with Crippen LogP contribution in [0.2, 0.25) is 0 Å². The average molecular weight is 250 g/mol. The normalized spacial score (nSPS) is 31.9. The lowest BCUT2D eigenvalue weighted by Crippen LogP contribution is -2.41. The summed E-state index contributed by atoms with van der Waals surface area (Å²) in [7, 11) is 0. The van der Waals surface area contributed by atoms with Gasteiger partial charge in [-0.05, 0) is 12.3 Å². The highest BCUT2D eigenvalue weighted by atomic mass is 14.7. The van der Waals surface area contributed by atoms with E-state index >= 15 is 0 Å². The Morgan fingerprint density at radius 3 is 1.63 bits per heavy atom. The van der Waals surface area contributed by atoms with Gasteiger partial charge in [0.25, 0.3) is 0 Å². The lowest BCUT2D eigenvalue weighted by Gasteiger charge is -2.31. The molecule has 2 bridgehead atoms. The summed E-state index contributed by atoms with van der Waals surface area (Å²) in [6.07, 6.45) is 6.59. The lowest BCUT2D eigenvalue weighted by atomic mass is 9.61. The van der Waals surface area contributed by atoms with Gasteiger partial charge in [-0.2, -0.15) is 21.0 Å². The fourth-order valence-electron chi connectivity index (χ4n) is 3.70. The van der Waals surface area contributed by atoms with E-state index in [9.17, 15) is 21.0 Å². The van der Waals surface area contributed by atoms with E-state index in [2.05, 4.69) is 6.92 Å². The Balaban J connectivity index is 2.56. The quantitative estimate of drug-likeness (QED) is 0.719. The molecular weight excluding hydrogens is 236 g/mol. The summed E-state index contributed by atoms with van der Waals surface area (Å²) < 4.78 is 0. The van der Waals surface area contributed by atoms with Gasteiger partial charge in [0.05, 0.1) is 24.3 Å². The van der Waals surface area contributed by atoms with E-state index in [0.717, 1.165) is 19.3 Å². The zero-order valence-electron chi connectivity index (χ0n) is 10.8. The molecule has 1 fully saturated rings. The van der Waals surface area contributed by atoms with Crippen LogP contribution >= 0.6 is 0 Å². The van der Waals surface area contributed by atoms with Crippen LogP contribution in [-0.4, -0.2) is 0 Å². The van der Waals surface area contributed by atoms with Gasteiger partial charge in [-0.25, -0.2) is 0 Å². The number of nitrogens with zero attached hydrogens (tertiary/aromatic N) is 4. The molecule has 1 unspecified atom stereocenters. The molecule has 4 heteroatoms. The van der Waals surface area contributed by atoms with E-state index in [4.69, 9.17) is 0 Å². The van der Waals surface area contributed by atoms with Crippen molar-refractivity contribution in [2.75, 3.05) is 0 Å². The van der Waals surface area contributed by atoms with Crippen LogP contribution in [0.5, 0.6) is 0 Å². The number of fused-ring (bicyclic) bond motifs is 2. The molecule has 94 valence electrons. The standard InChI is InChI=1S/C15H14N4/c1-2-3-4-11-12-5-6-13(11)15(9-18,10-19)14(12,7-16)8-17/h5-6,11-13H,2-4H2,1H3/t11?,12-,13+. The first kappa shape index (κ1) is 13.1. The number of allylic oxidation sites excluding steroid dienone is 2. The third kappa shape index (κ3) is 1.30. The van der Waals surface area contributed by atoms with Crippen LogP contribution in [0, 0.1) is 73.9 Å². The van der Waals surface area contributed by atoms with Crippen LogP contribution in [0.4, 0.5) is 0 Å². The third-order valence-corrected chi connectivity index (χ3v) is 4.67. The van der Waals surface area contributed by atoms with Gasteiger partial charge in [-0.3, -0.25) is 0 Å². The zero-order valence-corrected chi connectivity index (χ0v) is 10.8. The second-order valence-electron chi connectivity index (χ2n) is 5.31. The van der Waals surface area contributed by atoms with E-state index in [0.29, 0.717) is 0 Å². The summed E-state index contributed by atoms with van der Waals surface area (Å²) in [5.41, 5.74) is -3.04. The maximum absolute atomic E-state index is 9.47. The smallest absolute Gasteiger partial charge is 0.182 e. The Bertz CT molecular complexity index is 499. The molecule has 0 heterocycles. The first-order valence-electron chi connectivity index (χ1n) is 6.50. The second-order valence-corrected chi connectivity index (χ2v) is 5.31. The molecule has 4 nitrogen and oxygen atoms in total. The molecule has 19 heavy (non-hydrogen) atoms. The van der Waals surface area contributed by atoms with Crippen molar-refractivity contribution in [2.45, 2.75) is 26.2 Å². The molecule has 0 radical (unpaired) electrons. The first-order chi connectivity index (χ1) is 9.17. The van der Waals surface area contributed by atoms with Gasteiger partial charge in [0.2, 0.25) is 0 Å². The van der Waals surface area contributed by atoms with Crippen LogP contribution in [0.25, 0.3) is 0 Å². The molecule has 2 aliphatic rings. The summed E-state index contributed by atoms with van der Waals surface area (Å²) >= 11 is 0. The van der Waals surface area contributed by atoms with Crippen molar-refractivity contribution >= 4 is 0 Å². The molecule has 0 spiro atoms. The van der Waals surface area contributed by atoms with Gasteiger partial charge in [0, 0.05) is 11.8 Å². The summed E-state index contributed by atoms with van der Waals surface area (Å²) in [4.78, 5) is 0. The minimum atomic E-state index is -1.52. The highest BCUT2D eigenvalue weighted by Crippen LogP contribution is 2.66. The van der Waals surface area contributed by atoms with Crippen molar-refractivity contribution in [3.63, 3.8) is 0 Å². The summed E-state index contributed by atoms with van der Waals surface area (Å²) in [6, 6.07) is 8.00. The predicted octanol–water partition coefficient (Wildman–Crippen LogP) is 2.68. The third-order valence-electron chi connectivity index (χ3n) is 4.67. The van der Waals surface area contributed by atoms with Gasteiger partial charge in [-0.1, -0.05) is 31.9 Å². The highest BCUT2D eigenvalue weighted by Gasteiger charge is 2.72. The Morgan fingerprint density at radius 2 is 1.32 bits per heavy atom. The van der Waals surface area contributed by atoms with Crippen molar-refractivity contribution in [3.05, 3.63) is 12.2 Å². The number of hydrogen-bond acceptors (Lipinski definition) is 4. The summed E-state index contributed by atoms with van der Waals surface area (Å²) in [6.45, 7) is 2.08. The fraction of sp³-hybridized carbons (Fsp3) is 0.600. The predicted molar refractivity (Wildman–Crippen MR) is 66.5 cm³/mol. The van der Waals surface area contributed by atoms with Gasteiger partial charge >= 0.3 is 0 Å². The maximum atomic E-state index is 9.47. The minimum Gasteiger partial charge on any atom is -0.196 e. The van der Waals surface area contributed by atoms with E-state index < -0.39 is 10.8 Å². The summed E-state index contributed by atoms with van der Waals surface area (Å²) in [5.74, 6) is -0.518. The Hall–Kier alpha value is -2.30. The lowest BCUT2D eigenvalue weighted by molar-refractivity contribution is 0.276. The second kappa shape index (κ2) is 4.42. The van der Waals surface area contributed by atoms with Crippen LogP contribution in [0.3, 0.4) is 0 Å². The largest absolute Gasteiger partial charge is 0.196 e. The molecule has 0 aromatic heterocycles. The molecule has 0 aliphatic heterocycles. The highest BCUT2D eigenvalue weighted by molar-refractivity contribution is 5.47. The van der Waals surface area contributed by atoms with Gasteiger partial charge < -0.3 is 0 Å². The van der Waals surface area contributed by atoms with Gasteiger partial charge in [-0.15, -0.1) is 0 Å². The molecule has 0 N–H and O–H groups in total. The van der Waals surface area contributed by atoms with Crippen molar-refractivity contribution in [3.8, 4) is 24.3 Å². The Kier molecular flexibility index (Phi) is 3.06. The van der Waals surface area contributed by atoms with E-state index in [1.54, 1.807) is 0 Å². The molecule has 2 rings (SSSR count). The van der Waals surface area contributed by atoms with Crippen LogP contribution < -0.4 is 0 Å². The van der Waals surface area contributed by atoms with Gasteiger partial charge in [0.1, 0.15) is 0 Å². The van der Waals surface area contributed by atoms with Crippen molar-refractivity contribution < 1.29 is 0 Å². The number of nitriles is 4. The molecule has 3 atom stereocenters. The summed E-state index contributed by atoms with van der Waals surface area (Å²) in [5, 5.41) is 37.9. The van der Waals surface area contributed by atoms with E-state index in [-0.39, 0.29) is 17.8 Å². The SMILES string of the molecule is CCCCC1[C@H]2C=C[C@@H]1C(C#N)(C#N)C2(C#N)C#N. The van der Waals surface area contributed by atoms with Gasteiger partial charge in [0.15, 0.2) is 10.8 Å².